The van der Waals surface area contributed by atoms with Crippen LogP contribution in [-0.2, 0) is 32.7 Å². The molecule has 2 aliphatic heterocycles. The lowest BCUT2D eigenvalue weighted by Crippen LogP contribution is -2.70. The van der Waals surface area contributed by atoms with Gasteiger partial charge in [-0.15, -0.1) is 0 Å². The number of hydrogen-bond donors (Lipinski definition) is 1. The Labute approximate surface area is 306 Å². The van der Waals surface area contributed by atoms with Gasteiger partial charge in [0.15, 0.2) is 12.7 Å². The number of para-hydroxylation sites is 1. The summed E-state index contributed by atoms with van der Waals surface area (Å²) in [5, 5.41) is 1.42. The number of β-lactam (4-membered cyclic amide) rings is 1. The molecule has 52 heavy (non-hydrogen) atoms. The number of hydrogen-bond acceptors (Lipinski definition) is 10. The van der Waals surface area contributed by atoms with Crippen LogP contribution in [-0.4, -0.2) is 80.3 Å². The highest BCUT2D eigenvalue weighted by Gasteiger charge is 2.55. The maximum absolute atomic E-state index is 14.6. The molecule has 6 rings (SSSR count). The van der Waals surface area contributed by atoms with Crippen molar-refractivity contribution >= 4 is 37.4 Å². The molecule has 0 bridgehead atoms. The van der Waals surface area contributed by atoms with E-state index in [1.54, 1.807) is 43.3 Å². The van der Waals surface area contributed by atoms with Crippen molar-refractivity contribution < 1.29 is 37.0 Å². The Bertz CT molecular complexity index is 1970. The van der Waals surface area contributed by atoms with Gasteiger partial charge in [0.1, 0.15) is 22.9 Å². The van der Waals surface area contributed by atoms with Crippen LogP contribution >= 0.6 is 10.8 Å². The number of benzene rings is 4. The molecule has 13 heteroatoms. The summed E-state index contributed by atoms with van der Waals surface area (Å²) in [6.45, 7) is 4.78. The third kappa shape index (κ3) is 8.50. The highest BCUT2D eigenvalue weighted by molar-refractivity contribution is 8.72. The summed E-state index contributed by atoms with van der Waals surface area (Å²) in [5.41, 5.74) is 2.57. The first kappa shape index (κ1) is 36.7. The van der Waals surface area contributed by atoms with E-state index < -0.39 is 50.8 Å². The fraction of sp³-hybridized carbons (Fsp3) is 0.256. The van der Waals surface area contributed by atoms with Crippen molar-refractivity contribution in [3.8, 4) is 5.75 Å². The average Bonchev–Trinajstić information content (AvgIpc) is 3.18. The lowest BCUT2D eigenvalue weighted by atomic mass is 10.0. The highest BCUT2D eigenvalue weighted by Crippen LogP contribution is 2.41. The van der Waals surface area contributed by atoms with E-state index >= 15 is 0 Å². The van der Waals surface area contributed by atoms with Gasteiger partial charge >= 0.3 is 5.97 Å². The first-order valence-corrected chi connectivity index (χ1v) is 19.6. The van der Waals surface area contributed by atoms with Crippen LogP contribution in [0.1, 0.15) is 29.7 Å². The van der Waals surface area contributed by atoms with Crippen LogP contribution in [0.2, 0.25) is 0 Å². The SMILES string of the molecule is C/C(=C(\C(=O)OC(c1ccccc1)c1ccccc1)N1C(=O)C(NC(=O)COc2ccccc2)C1SS(=O)(=O)c1ccc(C)cc1)N1CCOCC1. The second-order valence-electron chi connectivity index (χ2n) is 12.2. The van der Waals surface area contributed by atoms with E-state index in [0.717, 1.165) is 10.5 Å². The van der Waals surface area contributed by atoms with E-state index in [9.17, 15) is 22.8 Å². The Kier molecular flexibility index (Phi) is 11.6. The van der Waals surface area contributed by atoms with Crippen LogP contribution in [0.25, 0.3) is 0 Å². The van der Waals surface area contributed by atoms with E-state index in [-0.39, 0.29) is 10.6 Å². The predicted molar refractivity (Wildman–Crippen MR) is 196 cm³/mol. The lowest BCUT2D eigenvalue weighted by Gasteiger charge is -2.47. The number of morpholine rings is 1. The second kappa shape index (κ2) is 16.5. The summed E-state index contributed by atoms with van der Waals surface area (Å²) in [5.74, 6) is -1.68. The third-order valence-electron chi connectivity index (χ3n) is 8.70. The molecule has 0 saturated carbocycles. The minimum Gasteiger partial charge on any atom is -0.484 e. The molecule has 0 radical (unpaired) electrons. The van der Waals surface area contributed by atoms with E-state index in [0.29, 0.717) is 59.7 Å². The molecule has 11 nitrogen and oxygen atoms in total. The standard InChI is InChI=1S/C39H39N3O8S2/c1-27-18-20-32(21-19-27)52(46,47)51-38-34(40-33(43)26-49-31-16-10-5-11-17-31)37(44)42(38)35(28(2)41-22-24-48-25-23-41)39(45)50-36(29-12-6-3-7-13-29)30-14-8-4-9-15-30/h3-21,34,36,38H,22-26H2,1-2H3,(H,40,43)/b35-28-. The van der Waals surface area contributed by atoms with Gasteiger partial charge in [0.2, 0.25) is 8.87 Å². The third-order valence-corrected chi connectivity index (χ3v) is 12.4. The number of nitrogens with zero attached hydrogens (tertiary/aromatic N) is 2. The zero-order valence-corrected chi connectivity index (χ0v) is 30.3. The molecule has 2 saturated heterocycles. The van der Waals surface area contributed by atoms with E-state index in [4.69, 9.17) is 14.2 Å². The van der Waals surface area contributed by atoms with Gasteiger partial charge in [-0.25, -0.2) is 13.2 Å². The molecule has 2 fully saturated rings. The molecule has 4 aromatic carbocycles. The summed E-state index contributed by atoms with van der Waals surface area (Å²) in [6, 6.07) is 32.2. The van der Waals surface area contributed by atoms with Crippen molar-refractivity contribution in [1.29, 1.82) is 0 Å². The maximum atomic E-state index is 14.6. The van der Waals surface area contributed by atoms with Crippen molar-refractivity contribution in [2.24, 2.45) is 0 Å². The zero-order chi connectivity index (χ0) is 36.7. The van der Waals surface area contributed by atoms with E-state index in [1.165, 1.54) is 12.1 Å². The summed E-state index contributed by atoms with van der Waals surface area (Å²) in [4.78, 5) is 45.0. The largest absolute Gasteiger partial charge is 0.484 e. The summed E-state index contributed by atoms with van der Waals surface area (Å²) in [7, 11) is -3.62. The topological polar surface area (TPSA) is 132 Å². The van der Waals surface area contributed by atoms with E-state index in [2.05, 4.69) is 5.32 Å². The maximum Gasteiger partial charge on any atom is 0.357 e. The van der Waals surface area contributed by atoms with Gasteiger partial charge in [-0.3, -0.25) is 14.5 Å². The van der Waals surface area contributed by atoms with Crippen molar-refractivity contribution in [2.75, 3.05) is 32.9 Å². The van der Waals surface area contributed by atoms with E-state index in [1.807, 2.05) is 78.6 Å². The van der Waals surface area contributed by atoms with Gasteiger partial charge in [0, 0.05) is 29.6 Å². The van der Waals surface area contributed by atoms with Crippen LogP contribution < -0.4 is 10.1 Å². The minimum absolute atomic E-state index is 0.0195. The van der Waals surface area contributed by atoms with Gasteiger partial charge in [0.25, 0.3) is 11.8 Å². The molecule has 0 spiro atoms. The Balaban J connectivity index is 1.36. The first-order chi connectivity index (χ1) is 25.1. The molecule has 270 valence electrons. The fourth-order valence-electron chi connectivity index (χ4n) is 5.92. The number of carbonyl (C=O) groups excluding carboxylic acids is 3. The predicted octanol–water partition coefficient (Wildman–Crippen LogP) is 5.05. The fourth-order valence-corrected chi connectivity index (χ4v) is 9.39. The summed E-state index contributed by atoms with van der Waals surface area (Å²) < 4.78 is 45.2. The number of rotatable bonds is 13. The van der Waals surface area contributed by atoms with Crippen LogP contribution in [0.15, 0.2) is 132 Å². The van der Waals surface area contributed by atoms with Crippen LogP contribution in [0.4, 0.5) is 0 Å². The van der Waals surface area contributed by atoms with Gasteiger partial charge in [-0.2, -0.15) is 0 Å². The molecule has 2 atom stereocenters. The van der Waals surface area contributed by atoms with Crippen LogP contribution in [0.3, 0.4) is 0 Å². The second-order valence-corrected chi connectivity index (χ2v) is 16.2. The molecular weight excluding hydrogens is 703 g/mol. The Morgan fingerprint density at radius 1 is 0.865 bits per heavy atom. The summed E-state index contributed by atoms with van der Waals surface area (Å²) >= 11 is 0. The lowest BCUT2D eigenvalue weighted by molar-refractivity contribution is -0.155. The Hall–Kier alpha value is -5.11. The number of ether oxygens (including phenoxy) is 3. The number of carbonyl (C=O) groups is 3. The highest BCUT2D eigenvalue weighted by atomic mass is 33.1. The molecule has 4 aromatic rings. The number of esters is 1. The molecule has 2 aliphatic rings. The zero-order valence-electron chi connectivity index (χ0n) is 28.7. The van der Waals surface area contributed by atoms with Gasteiger partial charge in [-0.1, -0.05) is 96.6 Å². The molecule has 0 aliphatic carbocycles. The minimum atomic E-state index is -4.10. The number of aryl methyl sites for hydroxylation is 1. The number of likely N-dealkylation sites (tertiary alicyclic amines) is 1. The Morgan fingerprint density at radius 3 is 2.00 bits per heavy atom. The number of amides is 2. The Morgan fingerprint density at radius 2 is 1.42 bits per heavy atom. The molecular formula is C39H39N3O8S2. The average molecular weight is 742 g/mol. The van der Waals surface area contributed by atoms with Gasteiger partial charge < -0.3 is 24.4 Å². The van der Waals surface area contributed by atoms with Crippen molar-refractivity contribution in [3.63, 3.8) is 0 Å². The van der Waals surface area contributed by atoms with Crippen LogP contribution in [0.5, 0.6) is 5.75 Å². The van der Waals surface area contributed by atoms with Crippen molar-refractivity contribution in [3.05, 3.63) is 143 Å². The number of allylic oxidation sites excluding steroid dienone is 1. The molecule has 1 N–H and O–H groups in total. The molecule has 2 heterocycles. The van der Waals surface area contributed by atoms with Crippen molar-refractivity contribution in [2.45, 2.75) is 36.3 Å². The first-order valence-electron chi connectivity index (χ1n) is 16.8. The van der Waals surface area contributed by atoms with Crippen molar-refractivity contribution in [1.82, 2.24) is 15.1 Å². The van der Waals surface area contributed by atoms with Gasteiger partial charge in [-0.05, 0) is 49.2 Å². The smallest absolute Gasteiger partial charge is 0.357 e. The molecule has 2 amide bonds. The quantitative estimate of drug-likeness (QED) is 0.0861. The normalized spacial score (nSPS) is 17.9. The van der Waals surface area contributed by atoms with Crippen LogP contribution in [0, 0.1) is 6.92 Å². The number of nitrogens with one attached hydrogen (secondary N) is 1. The monoisotopic (exact) mass is 741 g/mol. The summed E-state index contributed by atoms with van der Waals surface area (Å²) in [6.07, 6.45) is -0.841. The molecule has 0 aromatic heterocycles. The molecule has 2 unspecified atom stereocenters. The van der Waals surface area contributed by atoms with Gasteiger partial charge in [0.05, 0.1) is 18.1 Å².